The van der Waals surface area contributed by atoms with E-state index < -0.39 is 0 Å². The minimum absolute atomic E-state index is 0.162. The average molecular weight is 328 g/mol. The molecule has 2 fully saturated rings. The number of anilines is 1. The zero-order chi connectivity index (χ0) is 16.4. The molecular weight excluding hydrogens is 304 g/mol. The molecule has 128 valence electrons. The maximum absolute atomic E-state index is 5.95. The lowest BCUT2D eigenvalue weighted by molar-refractivity contribution is 0.0725. The first-order valence-electron chi connectivity index (χ1n) is 8.60. The van der Waals surface area contributed by atoms with Gasteiger partial charge < -0.3 is 14.1 Å². The summed E-state index contributed by atoms with van der Waals surface area (Å²) in [5.41, 5.74) is 1.11. The van der Waals surface area contributed by atoms with E-state index in [-0.39, 0.29) is 5.41 Å². The Morgan fingerprint density at radius 3 is 2.92 bits per heavy atom. The Labute approximate surface area is 142 Å². The van der Waals surface area contributed by atoms with Crippen molar-refractivity contribution in [3.63, 3.8) is 0 Å². The maximum Gasteiger partial charge on any atom is 0.151 e. The molecule has 1 unspecified atom stereocenters. The summed E-state index contributed by atoms with van der Waals surface area (Å²) in [6.45, 7) is 8.36. The topological polar surface area (TPSA) is 54.6 Å². The van der Waals surface area contributed by atoms with Crippen LogP contribution in [0.15, 0.2) is 34.9 Å². The van der Waals surface area contributed by atoms with Crippen LogP contribution in [0, 0.1) is 12.3 Å². The maximum atomic E-state index is 5.95. The predicted molar refractivity (Wildman–Crippen MR) is 90.8 cm³/mol. The van der Waals surface area contributed by atoms with Crippen LogP contribution in [0.5, 0.6) is 0 Å². The number of ether oxygens (including phenoxy) is 1. The van der Waals surface area contributed by atoms with Crippen LogP contribution in [0.4, 0.5) is 5.82 Å². The smallest absolute Gasteiger partial charge is 0.151 e. The minimum atomic E-state index is 0.162. The Bertz CT molecular complexity index is 658. The summed E-state index contributed by atoms with van der Waals surface area (Å²) < 4.78 is 11.4. The normalized spacial score (nSPS) is 25.3. The highest BCUT2D eigenvalue weighted by Crippen LogP contribution is 2.35. The summed E-state index contributed by atoms with van der Waals surface area (Å²) in [6.07, 6.45) is 2.89. The molecular formula is C18H24N4O2. The summed E-state index contributed by atoms with van der Waals surface area (Å²) in [6, 6.07) is 8.09. The molecule has 0 bridgehead atoms. The van der Waals surface area contributed by atoms with E-state index in [1.807, 2.05) is 25.1 Å². The molecule has 0 saturated carbocycles. The third-order valence-corrected chi connectivity index (χ3v) is 5.02. The molecule has 0 radical (unpaired) electrons. The largest absolute Gasteiger partial charge is 0.468 e. The van der Waals surface area contributed by atoms with E-state index in [0.717, 1.165) is 69.6 Å². The average Bonchev–Trinajstić information content (AvgIpc) is 3.17. The van der Waals surface area contributed by atoms with Crippen LogP contribution in [-0.4, -0.2) is 54.5 Å². The van der Waals surface area contributed by atoms with E-state index in [1.165, 1.54) is 0 Å². The van der Waals surface area contributed by atoms with Gasteiger partial charge in [0, 0.05) is 25.0 Å². The number of aromatic nitrogens is 2. The molecule has 2 aromatic heterocycles. The van der Waals surface area contributed by atoms with Gasteiger partial charge in [0.2, 0.25) is 0 Å². The van der Waals surface area contributed by atoms with Crippen LogP contribution >= 0.6 is 0 Å². The van der Waals surface area contributed by atoms with Gasteiger partial charge >= 0.3 is 0 Å². The Balaban J connectivity index is 1.47. The second kappa shape index (κ2) is 6.53. The van der Waals surface area contributed by atoms with Gasteiger partial charge in [-0.3, -0.25) is 4.90 Å². The summed E-state index contributed by atoms with van der Waals surface area (Å²) in [7, 11) is 0. The molecule has 2 saturated heterocycles. The third-order valence-electron chi connectivity index (χ3n) is 5.02. The fourth-order valence-corrected chi connectivity index (χ4v) is 3.78. The molecule has 4 heterocycles. The van der Waals surface area contributed by atoms with E-state index in [2.05, 4.69) is 26.1 Å². The van der Waals surface area contributed by atoms with E-state index in [9.17, 15) is 0 Å². The highest BCUT2D eigenvalue weighted by atomic mass is 16.5. The van der Waals surface area contributed by atoms with Gasteiger partial charge in [-0.2, -0.15) is 5.10 Å². The van der Waals surface area contributed by atoms with E-state index in [1.54, 1.807) is 6.26 Å². The van der Waals surface area contributed by atoms with Gasteiger partial charge in [0.1, 0.15) is 5.76 Å². The zero-order valence-electron chi connectivity index (χ0n) is 14.1. The minimum Gasteiger partial charge on any atom is -0.468 e. The van der Waals surface area contributed by atoms with Crippen molar-refractivity contribution in [1.29, 1.82) is 0 Å². The molecule has 0 amide bonds. The molecule has 1 atom stereocenters. The number of furan rings is 1. The Kier molecular flexibility index (Phi) is 4.24. The molecule has 6 nitrogen and oxygen atoms in total. The Hall–Kier alpha value is -1.92. The third kappa shape index (κ3) is 3.30. The van der Waals surface area contributed by atoms with Crippen molar-refractivity contribution < 1.29 is 9.15 Å². The predicted octanol–water partition coefficient (Wildman–Crippen LogP) is 2.11. The van der Waals surface area contributed by atoms with Crippen LogP contribution in [0.25, 0.3) is 0 Å². The molecule has 24 heavy (non-hydrogen) atoms. The standard InChI is InChI=1S/C18H24N4O2/c1-15-4-5-17(20-19-15)22-8-10-23-14-18(13-22)6-7-21(12-18)11-16-3-2-9-24-16/h2-5,9H,6-8,10-14H2,1H3. The second-order valence-electron chi connectivity index (χ2n) is 7.05. The number of nitrogens with zero attached hydrogens (tertiary/aromatic N) is 4. The van der Waals surface area contributed by atoms with Gasteiger partial charge in [0.25, 0.3) is 0 Å². The van der Waals surface area contributed by atoms with Crippen molar-refractivity contribution in [2.24, 2.45) is 5.41 Å². The molecule has 4 rings (SSSR count). The van der Waals surface area contributed by atoms with Crippen molar-refractivity contribution in [1.82, 2.24) is 15.1 Å². The number of hydrogen-bond acceptors (Lipinski definition) is 6. The zero-order valence-corrected chi connectivity index (χ0v) is 14.1. The summed E-state index contributed by atoms with van der Waals surface area (Å²) in [4.78, 5) is 4.79. The number of hydrogen-bond donors (Lipinski definition) is 0. The summed E-state index contributed by atoms with van der Waals surface area (Å²) in [5, 5.41) is 8.58. The summed E-state index contributed by atoms with van der Waals surface area (Å²) >= 11 is 0. The second-order valence-corrected chi connectivity index (χ2v) is 7.05. The first-order chi connectivity index (χ1) is 11.7. The molecule has 6 heteroatoms. The first-order valence-corrected chi connectivity index (χ1v) is 8.60. The fraction of sp³-hybridized carbons (Fsp3) is 0.556. The lowest BCUT2D eigenvalue weighted by Crippen LogP contribution is -2.41. The van der Waals surface area contributed by atoms with Gasteiger partial charge in [-0.25, -0.2) is 0 Å². The SMILES string of the molecule is Cc1ccc(N2CCOCC3(CCN(Cc4ccco4)C3)C2)nn1. The molecule has 2 aliphatic heterocycles. The molecule has 0 aliphatic carbocycles. The molecule has 2 aliphatic rings. The Morgan fingerprint density at radius 2 is 2.12 bits per heavy atom. The lowest BCUT2D eigenvalue weighted by atomic mass is 9.87. The van der Waals surface area contributed by atoms with Crippen molar-refractivity contribution in [3.8, 4) is 0 Å². The van der Waals surface area contributed by atoms with Gasteiger partial charge in [-0.05, 0) is 44.2 Å². The van der Waals surface area contributed by atoms with Crippen LogP contribution in [0.2, 0.25) is 0 Å². The number of aryl methyl sites for hydroxylation is 1. The van der Waals surface area contributed by atoms with Crippen molar-refractivity contribution in [2.45, 2.75) is 19.9 Å². The number of likely N-dealkylation sites (tertiary alicyclic amines) is 1. The molecule has 1 spiro atoms. The quantitative estimate of drug-likeness (QED) is 0.860. The van der Waals surface area contributed by atoms with Crippen molar-refractivity contribution in [2.75, 3.05) is 44.3 Å². The van der Waals surface area contributed by atoms with Crippen LogP contribution in [0.1, 0.15) is 17.9 Å². The van der Waals surface area contributed by atoms with Gasteiger partial charge in [-0.15, -0.1) is 5.10 Å². The lowest BCUT2D eigenvalue weighted by Gasteiger charge is -2.32. The summed E-state index contributed by atoms with van der Waals surface area (Å²) in [5.74, 6) is 1.98. The highest BCUT2D eigenvalue weighted by molar-refractivity contribution is 5.38. The van der Waals surface area contributed by atoms with Gasteiger partial charge in [-0.1, -0.05) is 0 Å². The number of rotatable bonds is 3. The molecule has 2 aromatic rings. The fourth-order valence-electron chi connectivity index (χ4n) is 3.78. The van der Waals surface area contributed by atoms with Crippen LogP contribution in [-0.2, 0) is 11.3 Å². The Morgan fingerprint density at radius 1 is 1.17 bits per heavy atom. The van der Waals surface area contributed by atoms with Gasteiger partial charge in [0.15, 0.2) is 5.82 Å². The molecule has 0 aromatic carbocycles. The monoisotopic (exact) mass is 328 g/mol. The van der Waals surface area contributed by atoms with Crippen molar-refractivity contribution >= 4 is 5.82 Å². The van der Waals surface area contributed by atoms with Crippen LogP contribution in [0.3, 0.4) is 0 Å². The molecule has 0 N–H and O–H groups in total. The first kappa shape index (κ1) is 15.6. The van der Waals surface area contributed by atoms with Crippen molar-refractivity contribution in [3.05, 3.63) is 42.0 Å². The van der Waals surface area contributed by atoms with Gasteiger partial charge in [0.05, 0.1) is 31.7 Å². The highest BCUT2D eigenvalue weighted by Gasteiger charge is 2.41. The van der Waals surface area contributed by atoms with E-state index in [0.29, 0.717) is 0 Å². The van der Waals surface area contributed by atoms with E-state index >= 15 is 0 Å². The van der Waals surface area contributed by atoms with Crippen LogP contribution < -0.4 is 4.90 Å². The van der Waals surface area contributed by atoms with E-state index in [4.69, 9.17) is 9.15 Å².